The van der Waals surface area contributed by atoms with Gasteiger partial charge >= 0.3 is 55.4 Å². The van der Waals surface area contributed by atoms with Crippen molar-refractivity contribution in [1.82, 2.24) is 0 Å². The molecule has 0 N–H and O–H groups in total. The van der Waals surface area contributed by atoms with Crippen LogP contribution in [0.5, 0.6) is 0 Å². The molecule has 0 spiro atoms. The zero-order chi connectivity index (χ0) is 18.7. The van der Waals surface area contributed by atoms with Gasteiger partial charge in [0, 0.05) is 16.1 Å². The van der Waals surface area contributed by atoms with Crippen LogP contribution in [0.2, 0.25) is 51.4 Å². The molecule has 0 unspecified atom stereocenters. The molecule has 0 aromatic carbocycles. The summed E-state index contributed by atoms with van der Waals surface area (Å²) in [6.45, 7) is 18.4. The second-order valence-corrected chi connectivity index (χ2v) is 18.1. The molecule has 0 aromatic heterocycles. The van der Waals surface area contributed by atoms with Crippen molar-refractivity contribution in [2.24, 2.45) is 0 Å². The number of hydrogen-bond acceptors (Lipinski definition) is 0. The van der Waals surface area contributed by atoms with Crippen molar-refractivity contribution >= 4 is 35.2 Å². The first-order valence-electron chi connectivity index (χ1n) is 7.25. The normalized spacial score (nSPS) is 10.5. The minimum absolute atomic E-state index is 0.801. The Morgan fingerprint density at radius 2 is 0.864 bits per heavy atom. The van der Waals surface area contributed by atoms with Crippen molar-refractivity contribution in [3.05, 3.63) is 38.5 Å². The molecular formula is C16H34Cl2Pd2Si2+2. The summed E-state index contributed by atoms with van der Waals surface area (Å²) in [5.74, 6) is 0. The molecule has 0 bridgehead atoms. The molecule has 0 atom stereocenters. The van der Waals surface area contributed by atoms with Gasteiger partial charge in [-0.15, -0.1) is 0 Å². The van der Waals surface area contributed by atoms with E-state index in [1.54, 1.807) is 0 Å². The van der Waals surface area contributed by atoms with Gasteiger partial charge in [0.05, 0.1) is 0 Å². The second kappa shape index (κ2) is 23.3. The second-order valence-electron chi connectivity index (χ2n) is 7.05. The predicted octanol–water partition coefficient (Wildman–Crippen LogP) is 7.29. The standard InChI is InChI=1S/2C8H17Si.2ClH.2Pd/c2*1-5-6-7-8-9(2,3)4;;;;/h2*5-7H,8H2,1-4H3;2*1H;;/q;;;;2*+2/p-2. The van der Waals surface area contributed by atoms with Crippen LogP contribution in [0.25, 0.3) is 0 Å². The predicted molar refractivity (Wildman–Crippen MR) is 105 cm³/mol. The third-order valence-corrected chi connectivity index (χ3v) is 5.04. The average Bonchev–Trinajstić information content (AvgIpc) is 2.42. The van der Waals surface area contributed by atoms with Crippen molar-refractivity contribution in [1.29, 1.82) is 0 Å². The fraction of sp³-hybridized carbons (Fsp3) is 0.625. The number of unbranched alkanes of at least 4 members (excludes halogenated alkanes) is 4. The summed E-state index contributed by atoms with van der Waals surface area (Å²) in [6.07, 6.45) is 13.0. The van der Waals surface area contributed by atoms with E-state index in [9.17, 15) is 0 Å². The zero-order valence-corrected chi connectivity index (χ0v) is 21.9. The molecule has 6 radical (unpaired) electrons. The summed E-state index contributed by atoms with van der Waals surface area (Å²) < 4.78 is 0. The Balaban J connectivity index is -0.000000120. The minimum atomic E-state index is -0.801. The molecule has 0 aromatic rings. The van der Waals surface area contributed by atoms with Gasteiger partial charge in [0.15, 0.2) is 0 Å². The van der Waals surface area contributed by atoms with E-state index in [1.807, 2.05) is 0 Å². The number of hydrogen-bond donors (Lipinski definition) is 0. The average molecular weight is 566 g/mol. The summed E-state index contributed by atoms with van der Waals surface area (Å²) in [5, 5.41) is 0. The summed E-state index contributed by atoms with van der Waals surface area (Å²) >= 11 is 4.44. The van der Waals surface area contributed by atoms with Gasteiger partial charge in [-0.25, -0.2) is 0 Å². The maximum atomic E-state index is 4.49. The van der Waals surface area contributed by atoms with E-state index in [1.165, 1.54) is 12.1 Å². The first-order chi connectivity index (χ1) is 10.1. The Labute approximate surface area is 174 Å². The summed E-state index contributed by atoms with van der Waals surface area (Å²) in [4.78, 5) is 0. The van der Waals surface area contributed by atoms with E-state index >= 15 is 0 Å². The Kier molecular flexibility index (Phi) is 34.0. The van der Waals surface area contributed by atoms with E-state index in [2.05, 4.69) is 147 Å². The van der Waals surface area contributed by atoms with Gasteiger partial charge < -0.3 is 0 Å². The molecule has 22 heavy (non-hydrogen) atoms. The SMILES string of the molecule is C[CH][CH][CH]C[Si](C)(C)C.C[CH][CH][CH]C[Si](C)(C)C.[Cl][Pd+].[Cl][Pd+]. The third kappa shape index (κ3) is 49.5. The maximum absolute atomic E-state index is 4.49. The molecule has 0 saturated heterocycles. The molecule has 6 heteroatoms. The van der Waals surface area contributed by atoms with Gasteiger partial charge in [-0.3, -0.25) is 0 Å². The monoisotopic (exact) mass is 564 g/mol. The first kappa shape index (κ1) is 32.0. The summed E-state index contributed by atoms with van der Waals surface area (Å²) in [6, 6.07) is 2.61. The van der Waals surface area contributed by atoms with Crippen molar-refractivity contribution < 1.29 is 36.4 Å². The molecule has 0 aliphatic rings. The van der Waals surface area contributed by atoms with Crippen LogP contribution in [0, 0.1) is 38.5 Å². The number of rotatable bonds is 8. The molecule has 0 heterocycles. The Bertz CT molecular complexity index is 162. The zero-order valence-electron chi connectivity index (χ0n) is 15.3. The van der Waals surface area contributed by atoms with Crippen molar-refractivity contribution in [3.63, 3.8) is 0 Å². The molecule has 138 valence electrons. The van der Waals surface area contributed by atoms with Crippen LogP contribution in [0.1, 0.15) is 13.8 Å². The van der Waals surface area contributed by atoms with Crippen LogP contribution >= 0.6 is 19.1 Å². The summed E-state index contributed by atoms with van der Waals surface area (Å²) in [7, 11) is 7.38. The van der Waals surface area contributed by atoms with E-state index in [4.69, 9.17) is 0 Å². The molecule has 0 fully saturated rings. The van der Waals surface area contributed by atoms with Crippen LogP contribution in [0.4, 0.5) is 0 Å². The van der Waals surface area contributed by atoms with Crippen LogP contribution in [0.3, 0.4) is 0 Å². The van der Waals surface area contributed by atoms with E-state index in [0.717, 1.165) is 0 Å². The Hall–Kier alpha value is 2.34. The van der Waals surface area contributed by atoms with Crippen molar-refractivity contribution in [3.8, 4) is 0 Å². The quantitative estimate of drug-likeness (QED) is 0.214. The molecule has 0 rings (SSSR count). The van der Waals surface area contributed by atoms with Crippen molar-refractivity contribution in [2.75, 3.05) is 0 Å². The van der Waals surface area contributed by atoms with Gasteiger partial charge in [-0.1, -0.05) is 65.2 Å². The number of halogens is 2. The fourth-order valence-corrected chi connectivity index (χ4v) is 2.80. The van der Waals surface area contributed by atoms with Gasteiger partial charge in [-0.2, -0.15) is 0 Å². The van der Waals surface area contributed by atoms with E-state index < -0.39 is 16.1 Å². The van der Waals surface area contributed by atoms with Crippen molar-refractivity contribution in [2.45, 2.75) is 65.2 Å². The first-order valence-corrected chi connectivity index (χ1v) is 18.7. The van der Waals surface area contributed by atoms with Crippen LogP contribution in [-0.4, -0.2) is 16.1 Å². The Morgan fingerprint density at radius 3 is 1.00 bits per heavy atom. The van der Waals surface area contributed by atoms with Crippen LogP contribution in [0.15, 0.2) is 0 Å². The Morgan fingerprint density at radius 1 is 0.636 bits per heavy atom. The van der Waals surface area contributed by atoms with E-state index in [-0.39, 0.29) is 0 Å². The third-order valence-electron chi connectivity index (χ3n) is 2.12. The fourth-order valence-electron chi connectivity index (χ4n) is 1.12. The molecule has 0 aliphatic carbocycles. The van der Waals surface area contributed by atoms with Crippen LogP contribution in [-0.2, 0) is 36.4 Å². The molecule has 0 saturated carbocycles. The van der Waals surface area contributed by atoms with Gasteiger partial charge in [0.2, 0.25) is 0 Å². The van der Waals surface area contributed by atoms with Gasteiger partial charge in [0.25, 0.3) is 0 Å². The van der Waals surface area contributed by atoms with Gasteiger partial charge in [-0.05, 0) is 38.5 Å². The molecule has 0 aliphatic heterocycles. The summed E-state index contributed by atoms with van der Waals surface area (Å²) in [5.41, 5.74) is 0. The van der Waals surface area contributed by atoms with E-state index in [0.29, 0.717) is 0 Å². The molecule has 0 amide bonds. The molecule has 0 nitrogen and oxygen atoms in total. The van der Waals surface area contributed by atoms with Crippen LogP contribution < -0.4 is 0 Å². The van der Waals surface area contributed by atoms with Gasteiger partial charge in [0.1, 0.15) is 0 Å². The topological polar surface area (TPSA) is 0 Å². The molecular weight excluding hydrogens is 532 g/mol.